The zero-order valence-corrected chi connectivity index (χ0v) is 13.6. The van der Waals surface area contributed by atoms with Crippen molar-refractivity contribution in [3.8, 4) is 0 Å². The molecule has 6 heteroatoms. The predicted molar refractivity (Wildman–Crippen MR) is 88.3 cm³/mol. The molecule has 3 heterocycles. The van der Waals surface area contributed by atoms with E-state index < -0.39 is 0 Å². The fraction of sp³-hybridized carbons (Fsp3) is 0.688. The summed E-state index contributed by atoms with van der Waals surface area (Å²) in [6.07, 6.45) is 6.32. The number of nitrogens with zero attached hydrogens (tertiary/aromatic N) is 4. The van der Waals surface area contributed by atoms with Crippen LogP contribution in [0.1, 0.15) is 24.1 Å². The lowest BCUT2D eigenvalue weighted by molar-refractivity contribution is -0.135. The van der Waals surface area contributed by atoms with Gasteiger partial charge in [0.2, 0.25) is 5.91 Å². The van der Waals surface area contributed by atoms with Gasteiger partial charge in [0, 0.05) is 48.9 Å². The van der Waals surface area contributed by atoms with Gasteiger partial charge in [-0.3, -0.25) is 4.79 Å². The Morgan fingerprint density at radius 3 is 2.73 bits per heavy atom. The number of anilines is 1. The molecule has 0 atom stereocenters. The highest BCUT2D eigenvalue weighted by molar-refractivity contribution is 7.99. The first kappa shape index (κ1) is 14.3. The van der Waals surface area contributed by atoms with Gasteiger partial charge in [-0.2, -0.15) is 11.8 Å². The molecule has 1 aromatic rings. The lowest BCUT2D eigenvalue weighted by Gasteiger charge is -2.43. The average molecular weight is 318 g/mol. The second kappa shape index (κ2) is 6.07. The standard InChI is InChI=1S/C16H22N4OS/c21-16(19-5-7-22-8-6-19)12-9-20(10-12)15-13-3-1-2-4-14(13)17-11-18-15/h11-12H,1-10H2. The summed E-state index contributed by atoms with van der Waals surface area (Å²) >= 11 is 1.95. The molecular weight excluding hydrogens is 296 g/mol. The number of carbonyl (C=O) groups excluding carboxylic acids is 1. The van der Waals surface area contributed by atoms with Crippen LogP contribution >= 0.6 is 11.8 Å². The topological polar surface area (TPSA) is 49.3 Å². The van der Waals surface area contributed by atoms with Crippen molar-refractivity contribution in [1.29, 1.82) is 0 Å². The predicted octanol–water partition coefficient (Wildman–Crippen LogP) is 1.37. The van der Waals surface area contributed by atoms with Crippen LogP contribution in [0.15, 0.2) is 6.33 Å². The maximum atomic E-state index is 12.5. The van der Waals surface area contributed by atoms with Gasteiger partial charge in [-0.05, 0) is 25.7 Å². The van der Waals surface area contributed by atoms with Crippen LogP contribution < -0.4 is 4.90 Å². The fourth-order valence-corrected chi connectivity index (χ4v) is 4.53. The Bertz CT molecular complexity index is 567. The monoisotopic (exact) mass is 318 g/mol. The van der Waals surface area contributed by atoms with Gasteiger partial charge in [0.05, 0.1) is 5.92 Å². The van der Waals surface area contributed by atoms with Crippen LogP contribution in [0, 0.1) is 5.92 Å². The molecule has 2 aliphatic heterocycles. The van der Waals surface area contributed by atoms with Crippen molar-refractivity contribution >= 4 is 23.5 Å². The van der Waals surface area contributed by atoms with E-state index in [1.165, 1.54) is 24.1 Å². The highest BCUT2D eigenvalue weighted by Crippen LogP contribution is 2.32. The summed E-state index contributed by atoms with van der Waals surface area (Å²) in [4.78, 5) is 25.8. The van der Waals surface area contributed by atoms with Gasteiger partial charge >= 0.3 is 0 Å². The van der Waals surface area contributed by atoms with E-state index in [1.807, 2.05) is 16.7 Å². The Hall–Kier alpha value is -1.30. The van der Waals surface area contributed by atoms with E-state index in [0.717, 1.165) is 56.3 Å². The van der Waals surface area contributed by atoms with Crippen molar-refractivity contribution in [2.75, 3.05) is 42.6 Å². The molecule has 1 amide bonds. The first-order valence-corrected chi connectivity index (χ1v) is 9.42. The van der Waals surface area contributed by atoms with Crippen molar-refractivity contribution in [3.05, 3.63) is 17.6 Å². The molecule has 0 spiro atoms. The fourth-order valence-electron chi connectivity index (χ4n) is 3.63. The largest absolute Gasteiger partial charge is 0.355 e. The smallest absolute Gasteiger partial charge is 0.229 e. The minimum absolute atomic E-state index is 0.164. The molecule has 4 rings (SSSR count). The molecule has 1 aliphatic carbocycles. The first-order chi connectivity index (χ1) is 10.8. The van der Waals surface area contributed by atoms with Gasteiger partial charge in [0.15, 0.2) is 0 Å². The zero-order chi connectivity index (χ0) is 14.9. The normalized spacial score (nSPS) is 22.2. The zero-order valence-electron chi connectivity index (χ0n) is 12.8. The van der Waals surface area contributed by atoms with E-state index >= 15 is 0 Å². The molecule has 0 N–H and O–H groups in total. The molecule has 1 aromatic heterocycles. The Kier molecular flexibility index (Phi) is 3.94. The third-order valence-electron chi connectivity index (χ3n) is 4.96. The third kappa shape index (κ3) is 2.57. The number of aromatic nitrogens is 2. The van der Waals surface area contributed by atoms with E-state index in [1.54, 1.807) is 6.33 Å². The quantitative estimate of drug-likeness (QED) is 0.824. The molecule has 2 saturated heterocycles. The first-order valence-electron chi connectivity index (χ1n) is 8.27. The van der Waals surface area contributed by atoms with Crippen LogP contribution in [0.2, 0.25) is 0 Å². The Morgan fingerprint density at radius 2 is 1.91 bits per heavy atom. The van der Waals surface area contributed by atoms with E-state index in [2.05, 4.69) is 14.9 Å². The van der Waals surface area contributed by atoms with Gasteiger partial charge in [0.1, 0.15) is 12.1 Å². The Morgan fingerprint density at radius 1 is 1.14 bits per heavy atom. The van der Waals surface area contributed by atoms with E-state index in [-0.39, 0.29) is 5.92 Å². The maximum Gasteiger partial charge on any atom is 0.229 e. The van der Waals surface area contributed by atoms with Gasteiger partial charge < -0.3 is 9.80 Å². The molecule has 0 aromatic carbocycles. The number of amides is 1. The van der Waals surface area contributed by atoms with Crippen LogP contribution in [0.5, 0.6) is 0 Å². The highest BCUT2D eigenvalue weighted by atomic mass is 32.2. The van der Waals surface area contributed by atoms with Crippen LogP contribution in [0.4, 0.5) is 5.82 Å². The molecule has 0 saturated carbocycles. The SMILES string of the molecule is O=C(C1CN(c2ncnc3c2CCCC3)C1)N1CCSCC1. The van der Waals surface area contributed by atoms with Gasteiger partial charge in [-0.25, -0.2) is 9.97 Å². The Balaban J connectivity index is 1.42. The molecule has 0 unspecified atom stereocenters. The van der Waals surface area contributed by atoms with E-state index in [9.17, 15) is 4.79 Å². The molecule has 118 valence electrons. The number of carbonyl (C=O) groups is 1. The van der Waals surface area contributed by atoms with Gasteiger partial charge in [-0.1, -0.05) is 0 Å². The van der Waals surface area contributed by atoms with Crippen molar-refractivity contribution in [2.24, 2.45) is 5.92 Å². The second-order valence-corrected chi connectivity index (χ2v) is 7.59. The van der Waals surface area contributed by atoms with Crippen molar-refractivity contribution < 1.29 is 4.79 Å². The van der Waals surface area contributed by atoms with Crippen LogP contribution in [-0.2, 0) is 17.6 Å². The van der Waals surface area contributed by atoms with Crippen molar-refractivity contribution in [3.63, 3.8) is 0 Å². The highest BCUT2D eigenvalue weighted by Gasteiger charge is 2.37. The summed E-state index contributed by atoms with van der Waals surface area (Å²) in [5, 5.41) is 0. The summed E-state index contributed by atoms with van der Waals surface area (Å²) in [5.74, 6) is 3.77. The number of hydrogen-bond acceptors (Lipinski definition) is 5. The number of hydrogen-bond donors (Lipinski definition) is 0. The second-order valence-electron chi connectivity index (χ2n) is 6.37. The van der Waals surface area contributed by atoms with Crippen molar-refractivity contribution in [1.82, 2.24) is 14.9 Å². The molecule has 22 heavy (non-hydrogen) atoms. The lowest BCUT2D eigenvalue weighted by atomic mass is 9.93. The molecule has 3 aliphatic rings. The molecular formula is C16H22N4OS. The summed E-state index contributed by atoms with van der Waals surface area (Å²) in [6.45, 7) is 3.49. The van der Waals surface area contributed by atoms with Crippen molar-refractivity contribution in [2.45, 2.75) is 25.7 Å². The van der Waals surface area contributed by atoms with E-state index in [4.69, 9.17) is 0 Å². The Labute approximate surface area is 135 Å². The summed E-state index contributed by atoms with van der Waals surface area (Å²) in [7, 11) is 0. The summed E-state index contributed by atoms with van der Waals surface area (Å²) < 4.78 is 0. The number of fused-ring (bicyclic) bond motifs is 1. The minimum Gasteiger partial charge on any atom is -0.355 e. The summed E-state index contributed by atoms with van der Waals surface area (Å²) in [5.41, 5.74) is 2.55. The summed E-state index contributed by atoms with van der Waals surface area (Å²) in [6, 6.07) is 0. The van der Waals surface area contributed by atoms with E-state index in [0.29, 0.717) is 5.91 Å². The number of thioether (sulfide) groups is 1. The van der Waals surface area contributed by atoms with Crippen LogP contribution in [-0.4, -0.2) is 58.5 Å². The molecule has 5 nitrogen and oxygen atoms in total. The number of aryl methyl sites for hydroxylation is 1. The molecule has 2 fully saturated rings. The molecule has 0 radical (unpaired) electrons. The number of rotatable bonds is 2. The molecule has 0 bridgehead atoms. The lowest BCUT2D eigenvalue weighted by Crippen LogP contribution is -2.56. The third-order valence-corrected chi connectivity index (χ3v) is 5.90. The van der Waals surface area contributed by atoms with Crippen LogP contribution in [0.25, 0.3) is 0 Å². The van der Waals surface area contributed by atoms with Gasteiger partial charge in [-0.15, -0.1) is 0 Å². The maximum absolute atomic E-state index is 12.5. The van der Waals surface area contributed by atoms with Crippen LogP contribution in [0.3, 0.4) is 0 Å². The van der Waals surface area contributed by atoms with Gasteiger partial charge in [0.25, 0.3) is 0 Å². The average Bonchev–Trinajstić information content (AvgIpc) is 2.54. The minimum atomic E-state index is 0.164.